The molecule has 0 spiro atoms. The smallest absolute Gasteiger partial charge is 0.309 e. The molecule has 0 atom stereocenters. The monoisotopic (exact) mass is 570 g/mol. The van der Waals surface area contributed by atoms with E-state index in [1.54, 1.807) is 41.5 Å². The van der Waals surface area contributed by atoms with E-state index in [2.05, 4.69) is 0 Å². The highest BCUT2D eigenvalue weighted by molar-refractivity contribution is 7.53. The van der Waals surface area contributed by atoms with Crippen molar-refractivity contribution in [3.63, 3.8) is 0 Å². The van der Waals surface area contributed by atoms with E-state index in [9.17, 15) is 13.7 Å². The third-order valence-corrected chi connectivity index (χ3v) is 11.7. The van der Waals surface area contributed by atoms with E-state index in [0.717, 1.165) is 33.4 Å². The molecule has 0 fully saturated rings. The Morgan fingerprint density at radius 2 is 0.583 bits per heavy atom. The van der Waals surface area contributed by atoms with Gasteiger partial charge in [0.1, 0.15) is 0 Å². The van der Waals surface area contributed by atoms with Crippen molar-refractivity contribution in [1.29, 1.82) is 0 Å². The number of rotatable bonds is 18. The first-order valence-corrected chi connectivity index (χ1v) is 17.8. The lowest BCUT2D eigenvalue weighted by Crippen LogP contribution is -2.12. The van der Waals surface area contributed by atoms with Crippen LogP contribution in [-0.4, -0.2) is 39.6 Å². The zero-order valence-corrected chi connectivity index (χ0v) is 26.1. The van der Waals surface area contributed by atoms with E-state index in [1.165, 1.54) is 0 Å². The quantitative estimate of drug-likeness (QED) is 0.163. The summed E-state index contributed by atoms with van der Waals surface area (Å²) in [5.74, 6) is 0. The average Bonchev–Trinajstić information content (AvgIpc) is 2.78. The molecule has 0 aromatic heterocycles. The topological polar surface area (TPSA) is 107 Å². The van der Waals surface area contributed by atoms with Gasteiger partial charge >= 0.3 is 22.8 Å². The van der Waals surface area contributed by atoms with Crippen LogP contribution in [0, 0.1) is 20.8 Å². The standard InChI is InChI=1S/C24H45O9P3/c1-10-28-34(25,29-11-2)16-22-19(7)23(17-35(26,30-12-3)31-13-4)21(9)24(20(22)8)18-36(27,32-14-5)33-15-6/h10-18H2,1-9H3. The molecule has 12 heteroatoms. The van der Waals surface area contributed by atoms with Crippen LogP contribution in [0.2, 0.25) is 0 Å². The highest BCUT2D eigenvalue weighted by Gasteiger charge is 2.34. The van der Waals surface area contributed by atoms with Crippen molar-refractivity contribution in [1.82, 2.24) is 0 Å². The molecule has 0 aliphatic carbocycles. The SMILES string of the molecule is CCOP(=O)(Cc1c(C)c(CP(=O)(OCC)OCC)c(C)c(CP(=O)(OCC)OCC)c1C)OCC. The van der Waals surface area contributed by atoms with Crippen molar-refractivity contribution < 1.29 is 40.8 Å². The van der Waals surface area contributed by atoms with Gasteiger partial charge in [0, 0.05) is 0 Å². The third kappa shape index (κ3) is 9.15. The van der Waals surface area contributed by atoms with Gasteiger partial charge < -0.3 is 27.1 Å². The first-order chi connectivity index (χ1) is 16.9. The van der Waals surface area contributed by atoms with Gasteiger partial charge in [-0.3, -0.25) is 13.7 Å². The van der Waals surface area contributed by atoms with Crippen molar-refractivity contribution in [3.8, 4) is 0 Å². The van der Waals surface area contributed by atoms with Crippen molar-refractivity contribution in [2.24, 2.45) is 0 Å². The van der Waals surface area contributed by atoms with Crippen LogP contribution >= 0.6 is 22.8 Å². The van der Waals surface area contributed by atoms with Gasteiger partial charge in [-0.2, -0.15) is 0 Å². The van der Waals surface area contributed by atoms with Crippen LogP contribution in [0.4, 0.5) is 0 Å². The van der Waals surface area contributed by atoms with Crippen LogP contribution < -0.4 is 0 Å². The Balaban J connectivity index is 3.87. The normalized spacial score (nSPS) is 12.9. The van der Waals surface area contributed by atoms with E-state index < -0.39 is 22.8 Å². The molecule has 0 amide bonds. The Labute approximate surface area is 217 Å². The predicted octanol–water partition coefficient (Wildman–Crippen LogP) is 7.91. The van der Waals surface area contributed by atoms with E-state index in [4.69, 9.17) is 27.1 Å². The first kappa shape index (κ1) is 33.7. The molecule has 0 aliphatic heterocycles. The van der Waals surface area contributed by atoms with Crippen LogP contribution in [0.15, 0.2) is 0 Å². The molecule has 36 heavy (non-hydrogen) atoms. The minimum absolute atomic E-state index is 0.0216. The highest BCUT2D eigenvalue weighted by Crippen LogP contribution is 2.57. The van der Waals surface area contributed by atoms with Gasteiger partial charge in [-0.15, -0.1) is 0 Å². The van der Waals surface area contributed by atoms with Crippen molar-refractivity contribution in [3.05, 3.63) is 33.4 Å². The lowest BCUT2D eigenvalue weighted by Gasteiger charge is -2.28. The molecule has 0 bridgehead atoms. The summed E-state index contributed by atoms with van der Waals surface area (Å²) in [4.78, 5) is 0. The van der Waals surface area contributed by atoms with Crippen molar-refractivity contribution >= 4 is 22.8 Å². The second-order valence-corrected chi connectivity index (χ2v) is 14.3. The Morgan fingerprint density at radius 3 is 0.722 bits per heavy atom. The molecule has 9 nitrogen and oxygen atoms in total. The Morgan fingerprint density at radius 1 is 0.417 bits per heavy atom. The van der Waals surface area contributed by atoms with E-state index >= 15 is 0 Å². The van der Waals surface area contributed by atoms with Gasteiger partial charge in [-0.1, -0.05) is 0 Å². The third-order valence-electron chi connectivity index (χ3n) is 5.73. The van der Waals surface area contributed by atoms with Crippen LogP contribution in [0.1, 0.15) is 74.9 Å². The van der Waals surface area contributed by atoms with E-state index in [0.29, 0.717) is 0 Å². The Bertz CT molecular complexity index is 819. The molecule has 0 saturated heterocycles. The summed E-state index contributed by atoms with van der Waals surface area (Å²) in [6, 6.07) is 0. The summed E-state index contributed by atoms with van der Waals surface area (Å²) < 4.78 is 74.0. The molecule has 0 unspecified atom stereocenters. The lowest BCUT2D eigenvalue weighted by atomic mass is 9.90. The number of hydrogen-bond acceptors (Lipinski definition) is 9. The molecule has 0 N–H and O–H groups in total. The lowest BCUT2D eigenvalue weighted by molar-refractivity contribution is 0.218. The fraction of sp³-hybridized carbons (Fsp3) is 0.750. The van der Waals surface area contributed by atoms with Gasteiger partial charge in [-0.25, -0.2) is 0 Å². The number of hydrogen-bond donors (Lipinski definition) is 0. The van der Waals surface area contributed by atoms with Gasteiger partial charge in [-0.05, 0) is 95.7 Å². The Hall–Kier alpha value is -0.330. The summed E-state index contributed by atoms with van der Waals surface area (Å²) in [6.07, 6.45) is 0.0648. The van der Waals surface area contributed by atoms with Crippen LogP contribution in [-0.2, 0) is 59.3 Å². The van der Waals surface area contributed by atoms with Gasteiger partial charge in [0.25, 0.3) is 0 Å². The molecule has 0 saturated carbocycles. The van der Waals surface area contributed by atoms with Gasteiger partial charge in [0.05, 0.1) is 58.1 Å². The second kappa shape index (κ2) is 15.3. The molecule has 0 heterocycles. The van der Waals surface area contributed by atoms with E-state index in [-0.39, 0.29) is 58.1 Å². The molecular weight excluding hydrogens is 525 g/mol. The minimum Gasteiger partial charge on any atom is -0.309 e. The maximum Gasteiger partial charge on any atom is 0.335 e. The maximum atomic E-state index is 13.5. The number of benzene rings is 1. The predicted molar refractivity (Wildman–Crippen MR) is 144 cm³/mol. The fourth-order valence-corrected chi connectivity index (χ4v) is 9.97. The molecule has 0 aliphatic rings. The summed E-state index contributed by atoms with van der Waals surface area (Å²) in [7, 11) is -10.4. The average molecular weight is 571 g/mol. The second-order valence-electron chi connectivity index (χ2n) is 8.12. The zero-order chi connectivity index (χ0) is 27.6. The van der Waals surface area contributed by atoms with Crippen LogP contribution in [0.25, 0.3) is 0 Å². The molecule has 210 valence electrons. The first-order valence-electron chi connectivity index (χ1n) is 12.6. The Kier molecular flexibility index (Phi) is 14.3. The molecular formula is C24H45O9P3. The van der Waals surface area contributed by atoms with Crippen molar-refractivity contribution in [2.75, 3.05) is 39.6 Å². The van der Waals surface area contributed by atoms with E-state index in [1.807, 2.05) is 20.8 Å². The molecule has 1 aromatic carbocycles. The van der Waals surface area contributed by atoms with Crippen LogP contribution in [0.5, 0.6) is 0 Å². The fourth-order valence-electron chi connectivity index (χ4n) is 4.25. The maximum absolute atomic E-state index is 13.5. The summed E-state index contributed by atoms with van der Waals surface area (Å²) in [6.45, 7) is 17.6. The molecule has 1 aromatic rings. The highest BCUT2D eigenvalue weighted by atomic mass is 31.2. The molecule has 0 radical (unpaired) electrons. The van der Waals surface area contributed by atoms with Gasteiger partial charge in [0.2, 0.25) is 0 Å². The molecule has 1 rings (SSSR count). The van der Waals surface area contributed by atoms with Gasteiger partial charge in [0.15, 0.2) is 0 Å². The van der Waals surface area contributed by atoms with Crippen molar-refractivity contribution in [2.45, 2.75) is 80.8 Å². The zero-order valence-electron chi connectivity index (χ0n) is 23.4. The minimum atomic E-state index is -3.47. The summed E-state index contributed by atoms with van der Waals surface area (Å²) in [5, 5.41) is 0. The summed E-state index contributed by atoms with van der Waals surface area (Å²) >= 11 is 0. The van der Waals surface area contributed by atoms with Crippen LogP contribution in [0.3, 0.4) is 0 Å². The largest absolute Gasteiger partial charge is 0.335 e. The summed E-state index contributed by atoms with van der Waals surface area (Å²) in [5.41, 5.74) is 4.60.